The Morgan fingerprint density at radius 3 is 2.80 bits per heavy atom. The predicted molar refractivity (Wildman–Crippen MR) is 60.8 cm³/mol. The van der Waals surface area contributed by atoms with Crippen molar-refractivity contribution in [3.8, 4) is 0 Å². The first kappa shape index (κ1) is 8.90. The molecule has 0 N–H and O–H groups in total. The summed E-state index contributed by atoms with van der Waals surface area (Å²) in [6, 6.07) is 10.1. The van der Waals surface area contributed by atoms with Gasteiger partial charge in [-0.15, -0.1) is 0 Å². The van der Waals surface area contributed by atoms with Crippen molar-refractivity contribution in [2.75, 3.05) is 0 Å². The van der Waals surface area contributed by atoms with Crippen molar-refractivity contribution in [1.82, 2.24) is 0 Å². The second kappa shape index (κ2) is 2.60. The van der Waals surface area contributed by atoms with E-state index in [0.717, 1.165) is 16.5 Å². The van der Waals surface area contributed by atoms with Gasteiger partial charge in [0, 0.05) is 6.42 Å². The van der Waals surface area contributed by atoms with Crippen molar-refractivity contribution in [3.63, 3.8) is 0 Å². The molecular formula is C14H13F. The molecule has 0 radical (unpaired) electrons. The molecule has 0 fully saturated rings. The molecule has 0 spiro atoms. The lowest BCUT2D eigenvalue weighted by atomic mass is 9.97. The molecule has 0 saturated carbocycles. The van der Waals surface area contributed by atoms with Gasteiger partial charge in [-0.3, -0.25) is 0 Å². The maximum Gasteiger partial charge on any atom is 0.137 e. The molecule has 2 aromatic carbocycles. The number of hydrogen-bond donors (Lipinski definition) is 0. The van der Waals surface area contributed by atoms with E-state index in [1.54, 1.807) is 6.92 Å². The largest absolute Gasteiger partial charge is 0.239 e. The lowest BCUT2D eigenvalue weighted by Gasteiger charge is -2.14. The quantitative estimate of drug-likeness (QED) is 0.605. The van der Waals surface area contributed by atoms with Gasteiger partial charge in [0.15, 0.2) is 0 Å². The molecule has 0 saturated heterocycles. The maximum absolute atomic E-state index is 14.3. The summed E-state index contributed by atoms with van der Waals surface area (Å²) >= 11 is 0. The molecule has 0 amide bonds. The second-order valence-electron chi connectivity index (χ2n) is 4.64. The molecule has 0 heterocycles. The van der Waals surface area contributed by atoms with Crippen LogP contribution in [0.5, 0.6) is 0 Å². The minimum absolute atomic E-state index is 0.517. The van der Waals surface area contributed by atoms with Crippen molar-refractivity contribution in [2.45, 2.75) is 25.9 Å². The molecule has 0 aliphatic heterocycles. The zero-order valence-electron chi connectivity index (χ0n) is 8.97. The monoisotopic (exact) mass is 200 g/mol. The van der Waals surface area contributed by atoms with Crippen LogP contribution >= 0.6 is 0 Å². The molecule has 15 heavy (non-hydrogen) atoms. The summed E-state index contributed by atoms with van der Waals surface area (Å²) in [5.74, 6) is 0. The number of aryl methyl sites for hydroxylation is 1. The average Bonchev–Trinajstić information content (AvgIpc) is 2.44. The third-order valence-corrected chi connectivity index (χ3v) is 3.43. The van der Waals surface area contributed by atoms with Gasteiger partial charge in [-0.2, -0.15) is 0 Å². The first-order chi connectivity index (χ1) is 7.09. The first-order valence-corrected chi connectivity index (χ1v) is 5.30. The Kier molecular flexibility index (Phi) is 1.54. The van der Waals surface area contributed by atoms with Crippen LogP contribution in [-0.2, 0) is 12.1 Å². The van der Waals surface area contributed by atoms with Crippen LogP contribution in [0.3, 0.4) is 0 Å². The fourth-order valence-corrected chi connectivity index (χ4v) is 2.66. The van der Waals surface area contributed by atoms with Gasteiger partial charge in [0.1, 0.15) is 5.67 Å². The predicted octanol–water partition coefficient (Wildman–Crippen LogP) is 3.89. The van der Waals surface area contributed by atoms with Crippen molar-refractivity contribution in [3.05, 3.63) is 47.0 Å². The van der Waals surface area contributed by atoms with Crippen LogP contribution in [0, 0.1) is 6.92 Å². The molecule has 1 atom stereocenters. The Bertz CT molecular complexity index is 553. The van der Waals surface area contributed by atoms with Crippen LogP contribution in [0.15, 0.2) is 30.3 Å². The molecule has 1 heteroatoms. The SMILES string of the molecule is Cc1ccc2c3c(cccc13)CC2(C)F. The molecular weight excluding hydrogens is 187 g/mol. The number of hydrogen-bond acceptors (Lipinski definition) is 0. The van der Waals surface area contributed by atoms with Crippen LogP contribution in [0.4, 0.5) is 4.39 Å². The zero-order valence-corrected chi connectivity index (χ0v) is 8.97. The molecule has 3 rings (SSSR count). The summed E-state index contributed by atoms with van der Waals surface area (Å²) in [6.45, 7) is 3.76. The van der Waals surface area contributed by atoms with Gasteiger partial charge >= 0.3 is 0 Å². The third kappa shape index (κ3) is 1.06. The van der Waals surface area contributed by atoms with E-state index in [9.17, 15) is 4.39 Å². The fraction of sp³-hybridized carbons (Fsp3) is 0.286. The molecule has 0 aromatic heterocycles. The minimum Gasteiger partial charge on any atom is -0.239 e. The number of benzene rings is 2. The Morgan fingerprint density at radius 2 is 2.00 bits per heavy atom. The molecule has 1 aliphatic rings. The standard InChI is InChI=1S/C14H13F/c1-9-6-7-12-13-10(8-14(12,2)15)4-3-5-11(9)13/h3-7H,8H2,1-2H3. The summed E-state index contributed by atoms with van der Waals surface area (Å²) in [7, 11) is 0. The highest BCUT2D eigenvalue weighted by Crippen LogP contribution is 2.43. The van der Waals surface area contributed by atoms with Gasteiger partial charge in [0.05, 0.1) is 0 Å². The lowest BCUT2D eigenvalue weighted by molar-refractivity contribution is 0.202. The van der Waals surface area contributed by atoms with Crippen LogP contribution in [0.2, 0.25) is 0 Å². The Hall–Kier alpha value is -1.37. The summed E-state index contributed by atoms with van der Waals surface area (Å²) in [5, 5.41) is 2.34. The number of alkyl halides is 1. The van der Waals surface area contributed by atoms with Crippen LogP contribution in [-0.4, -0.2) is 0 Å². The molecule has 0 nitrogen and oxygen atoms in total. The van der Waals surface area contributed by atoms with Gasteiger partial charge in [-0.25, -0.2) is 4.39 Å². The van der Waals surface area contributed by atoms with Crippen LogP contribution in [0.1, 0.15) is 23.6 Å². The van der Waals surface area contributed by atoms with E-state index in [1.807, 2.05) is 24.3 Å². The van der Waals surface area contributed by atoms with Crippen molar-refractivity contribution in [2.24, 2.45) is 0 Å². The topological polar surface area (TPSA) is 0 Å². The van der Waals surface area contributed by atoms with E-state index < -0.39 is 5.67 Å². The molecule has 2 aromatic rings. The van der Waals surface area contributed by atoms with Gasteiger partial charge < -0.3 is 0 Å². The highest BCUT2D eigenvalue weighted by molar-refractivity contribution is 5.94. The second-order valence-corrected chi connectivity index (χ2v) is 4.64. The summed E-state index contributed by atoms with van der Waals surface area (Å²) < 4.78 is 14.3. The van der Waals surface area contributed by atoms with E-state index >= 15 is 0 Å². The minimum atomic E-state index is -1.18. The molecule has 1 unspecified atom stereocenters. The van der Waals surface area contributed by atoms with Gasteiger partial charge in [-0.05, 0) is 41.3 Å². The van der Waals surface area contributed by atoms with Gasteiger partial charge in [0.2, 0.25) is 0 Å². The number of rotatable bonds is 0. The highest BCUT2D eigenvalue weighted by Gasteiger charge is 2.35. The molecule has 76 valence electrons. The summed E-state index contributed by atoms with van der Waals surface area (Å²) in [6.07, 6.45) is 0.517. The fourth-order valence-electron chi connectivity index (χ4n) is 2.66. The van der Waals surface area contributed by atoms with E-state index in [2.05, 4.69) is 13.0 Å². The Labute approximate surface area is 88.7 Å². The molecule has 1 aliphatic carbocycles. The first-order valence-electron chi connectivity index (χ1n) is 5.30. The average molecular weight is 200 g/mol. The normalized spacial score (nSPS) is 23.7. The Balaban J connectivity index is 2.52. The zero-order chi connectivity index (χ0) is 10.6. The number of halogens is 1. The van der Waals surface area contributed by atoms with Crippen molar-refractivity contribution >= 4 is 10.8 Å². The molecule has 0 bridgehead atoms. The van der Waals surface area contributed by atoms with Crippen molar-refractivity contribution < 1.29 is 4.39 Å². The van der Waals surface area contributed by atoms with E-state index in [0.29, 0.717) is 6.42 Å². The van der Waals surface area contributed by atoms with Gasteiger partial charge in [-0.1, -0.05) is 30.3 Å². The highest BCUT2D eigenvalue weighted by atomic mass is 19.1. The van der Waals surface area contributed by atoms with E-state index in [4.69, 9.17) is 0 Å². The smallest absolute Gasteiger partial charge is 0.137 e. The van der Waals surface area contributed by atoms with E-state index in [-0.39, 0.29) is 0 Å². The van der Waals surface area contributed by atoms with Crippen molar-refractivity contribution in [1.29, 1.82) is 0 Å². The third-order valence-electron chi connectivity index (χ3n) is 3.43. The van der Waals surface area contributed by atoms with E-state index in [1.165, 1.54) is 10.9 Å². The van der Waals surface area contributed by atoms with Crippen LogP contribution in [0.25, 0.3) is 10.8 Å². The summed E-state index contributed by atoms with van der Waals surface area (Å²) in [4.78, 5) is 0. The lowest BCUT2D eigenvalue weighted by Crippen LogP contribution is -2.12. The summed E-state index contributed by atoms with van der Waals surface area (Å²) in [5.41, 5.74) is 2.05. The maximum atomic E-state index is 14.3. The van der Waals surface area contributed by atoms with Gasteiger partial charge in [0.25, 0.3) is 0 Å². The van der Waals surface area contributed by atoms with Crippen LogP contribution < -0.4 is 0 Å². The Morgan fingerprint density at radius 1 is 1.20 bits per heavy atom.